The quantitative estimate of drug-likeness (QED) is 0.173. The van der Waals surface area contributed by atoms with Gasteiger partial charge in [-0.05, 0) is 109 Å². The minimum absolute atomic E-state index is 0.151. The highest BCUT2D eigenvalue weighted by Gasteiger charge is 2.22. The van der Waals surface area contributed by atoms with Gasteiger partial charge in [0, 0.05) is 37.6 Å². The van der Waals surface area contributed by atoms with E-state index in [2.05, 4.69) is 54.4 Å². The Balaban J connectivity index is 1.54. The van der Waals surface area contributed by atoms with E-state index in [1.807, 2.05) is 50.2 Å². The second kappa shape index (κ2) is 12.7. The summed E-state index contributed by atoms with van der Waals surface area (Å²) in [5.74, 6) is -0.151. The molecule has 4 rings (SSSR count). The van der Waals surface area contributed by atoms with E-state index in [1.54, 1.807) is 6.07 Å². The van der Waals surface area contributed by atoms with Crippen LogP contribution < -0.4 is 11.1 Å². The van der Waals surface area contributed by atoms with Gasteiger partial charge in [-0.2, -0.15) is 0 Å². The van der Waals surface area contributed by atoms with Gasteiger partial charge in [-0.3, -0.25) is 0 Å². The molecule has 0 radical (unpaired) electrons. The zero-order valence-electron chi connectivity index (χ0n) is 23.0. The highest BCUT2D eigenvalue weighted by Crippen LogP contribution is 2.41. The zero-order valence-corrected chi connectivity index (χ0v) is 23.0. The lowest BCUT2D eigenvalue weighted by Crippen LogP contribution is -2.16. The molecule has 0 amide bonds. The lowest BCUT2D eigenvalue weighted by molar-refractivity contribution is 0.532. The molecule has 0 atom stereocenters. The summed E-state index contributed by atoms with van der Waals surface area (Å²) in [5.41, 5.74) is 16.6. The van der Waals surface area contributed by atoms with E-state index in [4.69, 9.17) is 5.73 Å². The fraction of sp³-hybridized carbons (Fsp3) is 0.294. The molecule has 3 nitrogen and oxygen atoms in total. The molecule has 0 bridgehead atoms. The minimum atomic E-state index is -0.151. The highest BCUT2D eigenvalue weighted by molar-refractivity contribution is 6.00. The maximum absolute atomic E-state index is 15.2. The van der Waals surface area contributed by atoms with E-state index < -0.39 is 0 Å². The van der Waals surface area contributed by atoms with Crippen molar-refractivity contribution in [3.8, 4) is 0 Å². The largest absolute Gasteiger partial charge is 0.399 e. The monoisotopic (exact) mass is 509 g/mol. The number of nitrogen functional groups attached to an aromatic ring is 1. The summed E-state index contributed by atoms with van der Waals surface area (Å²) in [6.07, 6.45) is 8.94. The van der Waals surface area contributed by atoms with Crippen LogP contribution in [0, 0.1) is 12.7 Å². The van der Waals surface area contributed by atoms with Crippen LogP contribution >= 0.6 is 0 Å². The van der Waals surface area contributed by atoms with Crippen LogP contribution in [0.5, 0.6) is 0 Å². The maximum atomic E-state index is 15.2. The molecule has 4 heteroatoms. The van der Waals surface area contributed by atoms with Crippen molar-refractivity contribution in [2.45, 2.75) is 39.0 Å². The van der Waals surface area contributed by atoms with Gasteiger partial charge >= 0.3 is 0 Å². The maximum Gasteiger partial charge on any atom is 0.130 e. The number of hydrogen-bond donors (Lipinski definition) is 2. The summed E-state index contributed by atoms with van der Waals surface area (Å²) >= 11 is 0. The Bertz CT molecular complexity index is 1330. The first-order valence-electron chi connectivity index (χ1n) is 13.5. The number of rotatable bonds is 10. The molecule has 3 aromatic carbocycles. The standard InChI is InChI=1S/C34H40FN3/c1-24-12-18-31(33(35)22-24)32-11-5-10-28-23-29(36)17-19-30(28)34(32)27-15-13-26(14-16-27)9-7-21-37-20-6-8-25(2)38(3)4/h6,8,12-19,22-23,37H,2,5,7,9-11,20-21,36H2,1,3-4H3/b8-6+. The third-order valence-electron chi connectivity index (χ3n) is 7.23. The van der Waals surface area contributed by atoms with Crippen molar-refractivity contribution in [3.05, 3.63) is 124 Å². The molecule has 198 valence electrons. The third kappa shape index (κ3) is 6.81. The molecule has 0 saturated heterocycles. The summed E-state index contributed by atoms with van der Waals surface area (Å²) < 4.78 is 15.2. The number of halogens is 1. The fourth-order valence-corrected chi connectivity index (χ4v) is 5.06. The molecule has 0 aromatic heterocycles. The van der Waals surface area contributed by atoms with Crippen LogP contribution in [0.1, 0.15) is 52.6 Å². The summed E-state index contributed by atoms with van der Waals surface area (Å²) in [6, 6.07) is 20.6. The van der Waals surface area contributed by atoms with Crippen LogP contribution in [0.25, 0.3) is 11.1 Å². The summed E-state index contributed by atoms with van der Waals surface area (Å²) in [6.45, 7) is 7.73. The molecule has 0 unspecified atom stereocenters. The number of nitrogens with two attached hydrogens (primary N) is 1. The molecule has 0 fully saturated rings. The first-order chi connectivity index (χ1) is 18.3. The Labute approximate surface area is 227 Å². The number of aryl methyl sites for hydroxylation is 3. The number of nitrogens with zero attached hydrogens (tertiary/aromatic N) is 1. The van der Waals surface area contributed by atoms with E-state index in [1.165, 1.54) is 11.1 Å². The second-order valence-corrected chi connectivity index (χ2v) is 10.4. The normalized spacial score (nSPS) is 13.5. The second-order valence-electron chi connectivity index (χ2n) is 10.4. The first-order valence-corrected chi connectivity index (χ1v) is 13.5. The van der Waals surface area contributed by atoms with Crippen LogP contribution in [0.2, 0.25) is 0 Å². The average Bonchev–Trinajstić information content (AvgIpc) is 3.07. The van der Waals surface area contributed by atoms with Gasteiger partial charge in [0.2, 0.25) is 0 Å². The molecule has 1 aliphatic carbocycles. The first kappa shape index (κ1) is 27.4. The zero-order chi connectivity index (χ0) is 27.1. The van der Waals surface area contributed by atoms with Gasteiger partial charge in [0.15, 0.2) is 0 Å². The van der Waals surface area contributed by atoms with Crippen LogP contribution in [0.4, 0.5) is 10.1 Å². The molecular weight excluding hydrogens is 469 g/mol. The molecule has 3 aromatic rings. The smallest absolute Gasteiger partial charge is 0.130 e. The van der Waals surface area contributed by atoms with Gasteiger partial charge < -0.3 is 16.0 Å². The number of nitrogens with one attached hydrogen (secondary N) is 1. The van der Waals surface area contributed by atoms with Crippen molar-refractivity contribution < 1.29 is 4.39 Å². The molecular formula is C34H40FN3. The van der Waals surface area contributed by atoms with Gasteiger partial charge in [-0.1, -0.05) is 55.1 Å². The molecule has 1 aliphatic rings. The minimum Gasteiger partial charge on any atom is -0.399 e. The van der Waals surface area contributed by atoms with E-state index in [9.17, 15) is 0 Å². The number of allylic oxidation sites excluding steroid dienone is 2. The van der Waals surface area contributed by atoms with Crippen molar-refractivity contribution in [1.29, 1.82) is 0 Å². The van der Waals surface area contributed by atoms with Crippen molar-refractivity contribution in [1.82, 2.24) is 10.2 Å². The van der Waals surface area contributed by atoms with Crippen molar-refractivity contribution >= 4 is 16.8 Å². The predicted octanol–water partition coefficient (Wildman–Crippen LogP) is 7.17. The highest BCUT2D eigenvalue weighted by atomic mass is 19.1. The Hall–Kier alpha value is -3.63. The third-order valence-corrected chi connectivity index (χ3v) is 7.23. The van der Waals surface area contributed by atoms with Crippen LogP contribution in [0.3, 0.4) is 0 Å². The summed E-state index contributed by atoms with van der Waals surface area (Å²) in [5, 5.41) is 3.47. The number of anilines is 1. The van der Waals surface area contributed by atoms with Crippen LogP contribution in [-0.2, 0) is 12.8 Å². The molecule has 38 heavy (non-hydrogen) atoms. The number of fused-ring (bicyclic) bond motifs is 1. The molecule has 3 N–H and O–H groups in total. The summed E-state index contributed by atoms with van der Waals surface area (Å²) in [4.78, 5) is 2.00. The van der Waals surface area contributed by atoms with Gasteiger partial charge in [0.05, 0.1) is 0 Å². The topological polar surface area (TPSA) is 41.3 Å². The van der Waals surface area contributed by atoms with E-state index in [-0.39, 0.29) is 5.82 Å². The average molecular weight is 510 g/mol. The van der Waals surface area contributed by atoms with Crippen molar-refractivity contribution in [3.63, 3.8) is 0 Å². The van der Waals surface area contributed by atoms with Crippen LogP contribution in [-0.4, -0.2) is 32.1 Å². The number of hydrogen-bond acceptors (Lipinski definition) is 3. The van der Waals surface area contributed by atoms with E-state index in [0.29, 0.717) is 5.56 Å². The van der Waals surface area contributed by atoms with Gasteiger partial charge in [-0.15, -0.1) is 0 Å². The lowest BCUT2D eigenvalue weighted by atomic mass is 9.87. The SMILES string of the molecule is C=C(/C=C/CNCCCc1ccc(C2=C(c3ccc(C)cc3F)CCCc3cc(N)ccc32)cc1)N(C)C. The Morgan fingerprint density at radius 2 is 1.79 bits per heavy atom. The van der Waals surface area contributed by atoms with Gasteiger partial charge in [-0.25, -0.2) is 4.39 Å². The summed E-state index contributed by atoms with van der Waals surface area (Å²) in [7, 11) is 3.99. The molecule has 0 aliphatic heterocycles. The lowest BCUT2D eigenvalue weighted by Gasteiger charge is -2.18. The molecule has 0 heterocycles. The Morgan fingerprint density at radius 3 is 2.53 bits per heavy atom. The number of likely N-dealkylation sites (N-methyl/N-ethyl adjacent to an activating group) is 1. The Kier molecular flexibility index (Phi) is 9.19. The van der Waals surface area contributed by atoms with E-state index >= 15 is 4.39 Å². The van der Waals surface area contributed by atoms with Crippen molar-refractivity contribution in [2.24, 2.45) is 0 Å². The van der Waals surface area contributed by atoms with E-state index in [0.717, 1.165) is 84.4 Å². The van der Waals surface area contributed by atoms with Crippen LogP contribution in [0.15, 0.2) is 85.1 Å². The molecule has 0 saturated carbocycles. The molecule has 0 spiro atoms. The number of benzene rings is 3. The van der Waals surface area contributed by atoms with Gasteiger partial charge in [0.1, 0.15) is 5.82 Å². The van der Waals surface area contributed by atoms with Gasteiger partial charge in [0.25, 0.3) is 0 Å². The fourth-order valence-electron chi connectivity index (χ4n) is 5.06. The Morgan fingerprint density at radius 1 is 1.03 bits per heavy atom. The van der Waals surface area contributed by atoms with Crippen molar-refractivity contribution in [2.75, 3.05) is 32.9 Å². The predicted molar refractivity (Wildman–Crippen MR) is 160 cm³/mol.